The van der Waals surface area contributed by atoms with E-state index in [1.54, 1.807) is 6.20 Å². The van der Waals surface area contributed by atoms with Gasteiger partial charge < -0.3 is 20.1 Å². The summed E-state index contributed by atoms with van der Waals surface area (Å²) < 4.78 is 0. The zero-order chi connectivity index (χ0) is 19.7. The SMILES string of the molecule is Cc1c(C(=O)NCc2ccnc(N3CCN(C)CC3)c2)[nH]c2c1C(=O)CCC2. The molecule has 0 aromatic carbocycles. The second-order valence-corrected chi connectivity index (χ2v) is 7.75. The number of hydrogen-bond acceptors (Lipinski definition) is 5. The Morgan fingerprint density at radius 3 is 2.79 bits per heavy atom. The number of likely N-dealkylation sites (N-methyl/N-ethyl adjacent to an activating group) is 1. The molecular formula is C21H27N5O2. The molecule has 148 valence electrons. The summed E-state index contributed by atoms with van der Waals surface area (Å²) in [5.74, 6) is 0.926. The van der Waals surface area contributed by atoms with Crippen molar-refractivity contribution in [2.45, 2.75) is 32.7 Å². The summed E-state index contributed by atoms with van der Waals surface area (Å²) in [5.41, 5.74) is 3.92. The van der Waals surface area contributed by atoms with Crippen LogP contribution in [-0.2, 0) is 13.0 Å². The molecule has 4 rings (SSSR count). The largest absolute Gasteiger partial charge is 0.354 e. The van der Waals surface area contributed by atoms with Crippen LogP contribution in [0.2, 0.25) is 0 Å². The van der Waals surface area contributed by atoms with Gasteiger partial charge in [0, 0.05) is 56.6 Å². The highest BCUT2D eigenvalue weighted by molar-refractivity contribution is 6.04. The number of carbonyl (C=O) groups is 2. The van der Waals surface area contributed by atoms with Crippen molar-refractivity contribution in [3.8, 4) is 0 Å². The fourth-order valence-corrected chi connectivity index (χ4v) is 4.05. The highest BCUT2D eigenvalue weighted by Gasteiger charge is 2.26. The number of piperazine rings is 1. The lowest BCUT2D eigenvalue weighted by Gasteiger charge is -2.33. The minimum atomic E-state index is -0.169. The van der Waals surface area contributed by atoms with Gasteiger partial charge in [-0.15, -0.1) is 0 Å². The summed E-state index contributed by atoms with van der Waals surface area (Å²) in [4.78, 5) is 37.1. The number of aryl methyl sites for hydroxylation is 1. The summed E-state index contributed by atoms with van der Waals surface area (Å²) in [6.07, 6.45) is 4.04. The van der Waals surface area contributed by atoms with Crippen LogP contribution in [0, 0.1) is 6.92 Å². The van der Waals surface area contributed by atoms with Crippen molar-refractivity contribution in [1.29, 1.82) is 0 Å². The molecule has 0 unspecified atom stereocenters. The smallest absolute Gasteiger partial charge is 0.268 e. The Labute approximate surface area is 165 Å². The maximum absolute atomic E-state index is 12.7. The predicted octanol–water partition coefficient (Wildman–Crippen LogP) is 1.92. The molecule has 2 aromatic heterocycles. The third-order valence-electron chi connectivity index (χ3n) is 5.75. The highest BCUT2D eigenvalue weighted by atomic mass is 16.2. The van der Waals surface area contributed by atoms with Crippen molar-refractivity contribution >= 4 is 17.5 Å². The summed E-state index contributed by atoms with van der Waals surface area (Å²) in [6.45, 7) is 6.25. The molecule has 0 atom stereocenters. The van der Waals surface area contributed by atoms with Gasteiger partial charge in [0.05, 0.1) is 0 Å². The summed E-state index contributed by atoms with van der Waals surface area (Å²) >= 11 is 0. The summed E-state index contributed by atoms with van der Waals surface area (Å²) in [7, 11) is 2.13. The number of carbonyl (C=O) groups excluding carboxylic acids is 2. The Kier molecular flexibility index (Phi) is 5.17. The van der Waals surface area contributed by atoms with Crippen molar-refractivity contribution < 1.29 is 9.59 Å². The number of hydrogen-bond donors (Lipinski definition) is 2. The van der Waals surface area contributed by atoms with E-state index >= 15 is 0 Å². The van der Waals surface area contributed by atoms with E-state index in [0.29, 0.717) is 18.7 Å². The normalized spacial score (nSPS) is 17.5. The molecule has 1 amide bonds. The molecule has 0 spiro atoms. The van der Waals surface area contributed by atoms with E-state index in [1.165, 1.54) is 0 Å². The highest BCUT2D eigenvalue weighted by Crippen LogP contribution is 2.26. The molecule has 1 saturated heterocycles. The van der Waals surface area contributed by atoms with Gasteiger partial charge in [-0.05, 0) is 50.1 Å². The minimum absolute atomic E-state index is 0.139. The molecule has 28 heavy (non-hydrogen) atoms. The molecule has 7 nitrogen and oxygen atoms in total. The lowest BCUT2D eigenvalue weighted by Crippen LogP contribution is -2.44. The number of Topliss-reactive ketones (excluding diaryl/α,β-unsaturated/α-hetero) is 1. The van der Waals surface area contributed by atoms with Crippen LogP contribution in [0.3, 0.4) is 0 Å². The number of H-pyrrole nitrogens is 1. The van der Waals surface area contributed by atoms with E-state index in [-0.39, 0.29) is 11.7 Å². The first-order valence-electron chi connectivity index (χ1n) is 9.94. The zero-order valence-electron chi connectivity index (χ0n) is 16.5. The van der Waals surface area contributed by atoms with Gasteiger partial charge in [-0.1, -0.05) is 0 Å². The van der Waals surface area contributed by atoms with Crippen molar-refractivity contribution in [2.24, 2.45) is 0 Å². The van der Waals surface area contributed by atoms with E-state index in [4.69, 9.17) is 0 Å². The first-order chi connectivity index (χ1) is 13.5. The molecule has 0 saturated carbocycles. The van der Waals surface area contributed by atoms with Crippen molar-refractivity contribution in [2.75, 3.05) is 38.1 Å². The van der Waals surface area contributed by atoms with Gasteiger partial charge in [-0.25, -0.2) is 4.98 Å². The average Bonchev–Trinajstić information content (AvgIpc) is 3.05. The number of rotatable bonds is 4. The second kappa shape index (κ2) is 7.75. The van der Waals surface area contributed by atoms with Crippen LogP contribution < -0.4 is 10.2 Å². The maximum atomic E-state index is 12.7. The van der Waals surface area contributed by atoms with E-state index in [0.717, 1.165) is 67.2 Å². The molecule has 0 bridgehead atoms. The molecule has 7 heteroatoms. The van der Waals surface area contributed by atoms with Crippen molar-refractivity contribution in [3.63, 3.8) is 0 Å². The fraction of sp³-hybridized carbons (Fsp3) is 0.476. The summed E-state index contributed by atoms with van der Waals surface area (Å²) in [6, 6.07) is 3.97. The van der Waals surface area contributed by atoms with Gasteiger partial charge in [0.15, 0.2) is 5.78 Å². The van der Waals surface area contributed by atoms with Crippen LogP contribution >= 0.6 is 0 Å². The Balaban J connectivity index is 1.43. The Morgan fingerprint density at radius 1 is 1.25 bits per heavy atom. The average molecular weight is 381 g/mol. The van der Waals surface area contributed by atoms with Crippen LogP contribution in [0.1, 0.15) is 50.5 Å². The lowest BCUT2D eigenvalue weighted by atomic mass is 9.94. The van der Waals surface area contributed by atoms with E-state index in [2.05, 4.69) is 32.1 Å². The molecule has 2 aliphatic rings. The Morgan fingerprint density at radius 2 is 2.04 bits per heavy atom. The first-order valence-corrected chi connectivity index (χ1v) is 9.94. The first kappa shape index (κ1) is 18.7. The second-order valence-electron chi connectivity index (χ2n) is 7.75. The van der Waals surface area contributed by atoms with Crippen LogP contribution in [0.15, 0.2) is 18.3 Å². The molecule has 1 fully saturated rings. The maximum Gasteiger partial charge on any atom is 0.268 e. The number of anilines is 1. The monoisotopic (exact) mass is 381 g/mol. The molecule has 2 aromatic rings. The predicted molar refractivity (Wildman–Crippen MR) is 108 cm³/mol. The number of ketones is 1. The van der Waals surface area contributed by atoms with Crippen LogP contribution in [0.4, 0.5) is 5.82 Å². The fourth-order valence-electron chi connectivity index (χ4n) is 4.05. The number of fused-ring (bicyclic) bond motifs is 1. The standard InChI is InChI=1S/C21H27N5O2/c1-14-19-16(4-3-5-17(19)27)24-20(14)21(28)23-13-15-6-7-22-18(12-15)26-10-8-25(2)9-11-26/h6-7,12,24H,3-5,8-11,13H2,1-2H3,(H,23,28). The van der Waals surface area contributed by atoms with E-state index < -0.39 is 0 Å². The number of amides is 1. The van der Waals surface area contributed by atoms with E-state index in [1.807, 2.05) is 19.1 Å². The summed E-state index contributed by atoms with van der Waals surface area (Å²) in [5, 5.41) is 2.98. The van der Waals surface area contributed by atoms with Gasteiger partial charge in [0.2, 0.25) is 0 Å². The van der Waals surface area contributed by atoms with Crippen LogP contribution in [-0.4, -0.2) is 59.8 Å². The number of nitrogens with zero attached hydrogens (tertiary/aromatic N) is 3. The minimum Gasteiger partial charge on any atom is -0.354 e. The molecule has 1 aliphatic carbocycles. The number of nitrogens with one attached hydrogen (secondary N) is 2. The van der Waals surface area contributed by atoms with Crippen molar-refractivity contribution in [1.82, 2.24) is 20.2 Å². The third kappa shape index (κ3) is 3.67. The van der Waals surface area contributed by atoms with E-state index in [9.17, 15) is 9.59 Å². The Bertz CT molecular complexity index is 896. The molecule has 0 radical (unpaired) electrons. The molecular weight excluding hydrogens is 354 g/mol. The van der Waals surface area contributed by atoms with Gasteiger partial charge in [0.1, 0.15) is 11.5 Å². The van der Waals surface area contributed by atoms with Gasteiger partial charge >= 0.3 is 0 Å². The zero-order valence-corrected chi connectivity index (χ0v) is 16.5. The van der Waals surface area contributed by atoms with Gasteiger partial charge in [0.25, 0.3) is 5.91 Å². The topological polar surface area (TPSA) is 81.3 Å². The third-order valence-corrected chi connectivity index (χ3v) is 5.75. The number of pyridine rings is 1. The lowest BCUT2D eigenvalue weighted by molar-refractivity contribution is 0.0945. The van der Waals surface area contributed by atoms with Gasteiger partial charge in [-0.2, -0.15) is 0 Å². The quantitative estimate of drug-likeness (QED) is 0.846. The number of aromatic amines is 1. The van der Waals surface area contributed by atoms with Crippen LogP contribution in [0.25, 0.3) is 0 Å². The van der Waals surface area contributed by atoms with Crippen LogP contribution in [0.5, 0.6) is 0 Å². The van der Waals surface area contributed by atoms with Gasteiger partial charge in [-0.3, -0.25) is 9.59 Å². The molecule has 3 heterocycles. The Hall–Kier alpha value is -2.67. The molecule has 1 aliphatic heterocycles. The van der Waals surface area contributed by atoms with Crippen molar-refractivity contribution in [3.05, 3.63) is 46.4 Å². The molecule has 2 N–H and O–H groups in total. The number of aromatic nitrogens is 2.